The Labute approximate surface area is 202 Å². The van der Waals surface area contributed by atoms with E-state index in [1.165, 1.54) is 0 Å². The largest absolute Gasteiger partial charge is 1.00 e. The van der Waals surface area contributed by atoms with Crippen LogP contribution in [0.25, 0.3) is 0 Å². The van der Waals surface area contributed by atoms with E-state index in [-0.39, 0.29) is 75.2 Å². The predicted octanol–water partition coefficient (Wildman–Crippen LogP) is -0.336. The van der Waals surface area contributed by atoms with E-state index in [1.807, 2.05) is 18.2 Å². The molecule has 0 bridgehead atoms. The first-order valence-corrected chi connectivity index (χ1v) is 7.75. The summed E-state index contributed by atoms with van der Waals surface area (Å²) in [5.41, 5.74) is 0. The third-order valence-electron chi connectivity index (χ3n) is 3.26. The molecule has 6 nitrogen and oxygen atoms in total. The molecule has 0 N–H and O–H groups in total. The SMILES string of the molecule is COCCOc1cc(OCCOC)cc(OC2C[C@@H](C)[CH-]O2)c1.[Cs+]. The van der Waals surface area contributed by atoms with Gasteiger partial charge in [0.05, 0.1) is 13.2 Å². The van der Waals surface area contributed by atoms with Gasteiger partial charge in [-0.1, -0.05) is 6.92 Å². The number of methoxy groups -OCH3 is 2. The summed E-state index contributed by atoms with van der Waals surface area (Å²) in [6.07, 6.45) is 0.556. The standard InChI is InChI=1S/C17H25O6.Cs/c1-13-8-17(22-12-13)23-16-10-14(20-6-4-18-2)9-15(11-16)21-7-5-19-3;/h9-13,17H,4-8H2,1-3H3;/q-1;+1/t13-,17?;/m1./s1. The number of ether oxygens (including phenoxy) is 6. The van der Waals surface area contributed by atoms with E-state index in [1.54, 1.807) is 20.8 Å². The molecule has 1 saturated heterocycles. The Bertz CT molecular complexity index is 442. The Hall–Kier alpha value is 0.552. The second kappa shape index (κ2) is 12.8. The predicted molar refractivity (Wildman–Crippen MR) is 84.8 cm³/mol. The van der Waals surface area contributed by atoms with Gasteiger partial charge in [-0.3, -0.25) is 0 Å². The van der Waals surface area contributed by atoms with Crippen LogP contribution in [0.1, 0.15) is 13.3 Å². The maximum Gasteiger partial charge on any atom is 1.00 e. The zero-order valence-electron chi connectivity index (χ0n) is 14.9. The van der Waals surface area contributed by atoms with Crippen molar-refractivity contribution in [1.82, 2.24) is 0 Å². The Kier molecular flexibility index (Phi) is 12.1. The van der Waals surface area contributed by atoms with Gasteiger partial charge in [0.25, 0.3) is 0 Å². The van der Waals surface area contributed by atoms with E-state index in [4.69, 9.17) is 28.4 Å². The Balaban J connectivity index is 0.00000288. The molecule has 1 aromatic carbocycles. The van der Waals surface area contributed by atoms with E-state index in [9.17, 15) is 0 Å². The minimum Gasteiger partial charge on any atom is -0.520 e. The van der Waals surface area contributed by atoms with Crippen molar-refractivity contribution >= 4 is 0 Å². The first kappa shape index (κ1) is 22.6. The van der Waals surface area contributed by atoms with Crippen molar-refractivity contribution in [3.05, 3.63) is 24.8 Å². The Morgan fingerprint density at radius 2 is 1.50 bits per heavy atom. The molecule has 0 aliphatic carbocycles. The third kappa shape index (κ3) is 8.29. The normalized spacial score (nSPS) is 19.6. The molecule has 7 heteroatoms. The fourth-order valence-corrected chi connectivity index (χ4v) is 2.13. The molecule has 0 amide bonds. The van der Waals surface area contributed by atoms with Gasteiger partial charge in [-0.05, 0) is 6.42 Å². The molecule has 1 unspecified atom stereocenters. The van der Waals surface area contributed by atoms with E-state index in [0.717, 1.165) is 6.42 Å². The molecular weight excluding hydrogens is 433 g/mol. The molecule has 2 rings (SSSR count). The molecule has 130 valence electrons. The van der Waals surface area contributed by atoms with Gasteiger partial charge in [-0.2, -0.15) is 0 Å². The molecule has 1 fully saturated rings. The van der Waals surface area contributed by atoms with Crippen LogP contribution in [-0.2, 0) is 14.2 Å². The molecule has 1 heterocycles. The van der Waals surface area contributed by atoms with Crippen LogP contribution < -0.4 is 83.1 Å². The first-order chi connectivity index (χ1) is 11.2. The quantitative estimate of drug-likeness (QED) is 0.354. The molecule has 0 spiro atoms. The monoisotopic (exact) mass is 458 g/mol. The second-order valence-corrected chi connectivity index (χ2v) is 5.36. The van der Waals surface area contributed by atoms with Gasteiger partial charge >= 0.3 is 68.9 Å². The van der Waals surface area contributed by atoms with Gasteiger partial charge in [-0.15, -0.1) is 5.92 Å². The summed E-state index contributed by atoms with van der Waals surface area (Å²) >= 11 is 0. The average molecular weight is 458 g/mol. The maximum absolute atomic E-state index is 5.86. The van der Waals surface area contributed by atoms with Gasteiger partial charge in [-0.25, -0.2) is 6.61 Å². The van der Waals surface area contributed by atoms with Gasteiger partial charge < -0.3 is 28.4 Å². The molecule has 1 aliphatic heterocycles. The summed E-state index contributed by atoms with van der Waals surface area (Å²) in [5.74, 6) is 2.38. The van der Waals surface area contributed by atoms with E-state index >= 15 is 0 Å². The summed E-state index contributed by atoms with van der Waals surface area (Å²) in [5, 5.41) is 0. The molecule has 1 aliphatic rings. The number of benzene rings is 1. The molecule has 2 atom stereocenters. The van der Waals surface area contributed by atoms with Crippen molar-refractivity contribution in [2.75, 3.05) is 40.6 Å². The Morgan fingerprint density at radius 1 is 0.958 bits per heavy atom. The first-order valence-electron chi connectivity index (χ1n) is 7.75. The van der Waals surface area contributed by atoms with Crippen LogP contribution >= 0.6 is 0 Å². The zero-order chi connectivity index (χ0) is 16.5. The van der Waals surface area contributed by atoms with Gasteiger partial charge in [0.2, 0.25) is 0 Å². The van der Waals surface area contributed by atoms with Crippen molar-refractivity contribution in [3.8, 4) is 17.2 Å². The number of rotatable bonds is 10. The maximum atomic E-state index is 5.86. The summed E-state index contributed by atoms with van der Waals surface area (Å²) in [4.78, 5) is 0. The molecule has 0 aromatic heterocycles. The fourth-order valence-electron chi connectivity index (χ4n) is 2.13. The van der Waals surface area contributed by atoms with Crippen molar-refractivity contribution < 1.29 is 97.3 Å². The van der Waals surface area contributed by atoms with Gasteiger partial charge in [0.1, 0.15) is 30.5 Å². The molecule has 0 saturated carbocycles. The topological polar surface area (TPSA) is 55.4 Å². The summed E-state index contributed by atoms with van der Waals surface area (Å²) in [6.45, 7) is 5.85. The number of hydrogen-bond donors (Lipinski definition) is 0. The minimum absolute atomic E-state index is 0. The summed E-state index contributed by atoms with van der Waals surface area (Å²) in [6, 6.07) is 5.47. The van der Waals surface area contributed by atoms with Crippen LogP contribution in [0.2, 0.25) is 0 Å². The summed E-state index contributed by atoms with van der Waals surface area (Å²) in [7, 11) is 3.27. The second-order valence-electron chi connectivity index (χ2n) is 5.36. The molecule has 0 radical (unpaired) electrons. The van der Waals surface area contributed by atoms with Crippen molar-refractivity contribution in [1.29, 1.82) is 0 Å². The van der Waals surface area contributed by atoms with E-state index in [0.29, 0.717) is 49.6 Å². The van der Waals surface area contributed by atoms with Crippen molar-refractivity contribution in [3.63, 3.8) is 0 Å². The fraction of sp³-hybridized carbons (Fsp3) is 0.588. The van der Waals surface area contributed by atoms with Crippen molar-refractivity contribution in [2.45, 2.75) is 19.6 Å². The van der Waals surface area contributed by atoms with Crippen LogP contribution in [0.5, 0.6) is 17.2 Å². The number of hydrogen-bond acceptors (Lipinski definition) is 6. The minimum atomic E-state index is -0.272. The molecular formula is C17H25CsO6. The molecule has 1 aromatic rings. The zero-order valence-corrected chi connectivity index (χ0v) is 21.2. The van der Waals surface area contributed by atoms with E-state index < -0.39 is 0 Å². The van der Waals surface area contributed by atoms with E-state index in [2.05, 4.69) is 6.92 Å². The molecule has 24 heavy (non-hydrogen) atoms. The Morgan fingerprint density at radius 3 is 1.96 bits per heavy atom. The third-order valence-corrected chi connectivity index (χ3v) is 3.26. The van der Waals surface area contributed by atoms with Crippen LogP contribution in [0.4, 0.5) is 0 Å². The summed E-state index contributed by atoms with van der Waals surface area (Å²) < 4.78 is 32.6. The van der Waals surface area contributed by atoms with Crippen LogP contribution in [-0.4, -0.2) is 46.9 Å². The van der Waals surface area contributed by atoms with Crippen molar-refractivity contribution in [2.24, 2.45) is 5.92 Å². The van der Waals surface area contributed by atoms with Gasteiger partial charge in [0, 0.05) is 32.4 Å². The van der Waals surface area contributed by atoms with Crippen LogP contribution in [0.15, 0.2) is 18.2 Å². The van der Waals surface area contributed by atoms with Gasteiger partial charge in [0.15, 0.2) is 6.29 Å². The van der Waals surface area contributed by atoms with Crippen LogP contribution in [0.3, 0.4) is 0 Å². The van der Waals surface area contributed by atoms with Crippen LogP contribution in [0, 0.1) is 12.5 Å². The smallest absolute Gasteiger partial charge is 0.520 e. The average Bonchev–Trinajstić information content (AvgIpc) is 2.93.